The van der Waals surface area contributed by atoms with E-state index in [-0.39, 0.29) is 0 Å². The first-order chi connectivity index (χ1) is 11.3. The van der Waals surface area contributed by atoms with Gasteiger partial charge in [0.2, 0.25) is 0 Å². The fraction of sp³-hybridized carbons (Fsp3) is 0.913. The van der Waals surface area contributed by atoms with Crippen molar-refractivity contribution < 1.29 is 0 Å². The van der Waals surface area contributed by atoms with E-state index in [0.29, 0.717) is 0 Å². The molecule has 0 aromatic heterocycles. The maximum atomic E-state index is 2.44. The van der Waals surface area contributed by atoms with Crippen molar-refractivity contribution in [1.29, 1.82) is 0 Å². The maximum absolute atomic E-state index is 2.44. The Morgan fingerprint density at radius 3 is 1.61 bits per heavy atom. The molecule has 0 heterocycles. The Bertz CT molecular complexity index is 228. The number of allylic oxidation sites excluding steroid dienone is 2. The van der Waals surface area contributed by atoms with Gasteiger partial charge < -0.3 is 0 Å². The van der Waals surface area contributed by atoms with Crippen LogP contribution >= 0.6 is 0 Å². The summed E-state index contributed by atoms with van der Waals surface area (Å²) in [4.78, 5) is 0. The molecule has 0 aliphatic carbocycles. The van der Waals surface area contributed by atoms with Crippen LogP contribution in [-0.4, -0.2) is 0 Å². The predicted molar refractivity (Wildman–Crippen MR) is 108 cm³/mol. The van der Waals surface area contributed by atoms with Gasteiger partial charge in [-0.3, -0.25) is 0 Å². The van der Waals surface area contributed by atoms with E-state index in [9.17, 15) is 0 Å². The predicted octanol–water partition coefficient (Wildman–Crippen LogP) is 8.85. The van der Waals surface area contributed by atoms with Gasteiger partial charge in [0.15, 0.2) is 0 Å². The van der Waals surface area contributed by atoms with Gasteiger partial charge in [0.25, 0.3) is 0 Å². The van der Waals surface area contributed by atoms with Crippen LogP contribution in [0.3, 0.4) is 0 Å². The van der Waals surface area contributed by atoms with Crippen molar-refractivity contribution in [2.24, 2.45) is 5.92 Å². The zero-order chi connectivity index (χ0) is 17.0. The van der Waals surface area contributed by atoms with Gasteiger partial charge in [0.1, 0.15) is 0 Å². The van der Waals surface area contributed by atoms with Gasteiger partial charge in [-0.25, -0.2) is 0 Å². The second-order valence-electron chi connectivity index (χ2n) is 7.44. The molecule has 0 N–H and O–H groups in total. The molecule has 0 aromatic rings. The molecule has 0 aliphatic rings. The van der Waals surface area contributed by atoms with E-state index >= 15 is 0 Å². The number of hydrogen-bond acceptors (Lipinski definition) is 0. The molecule has 0 saturated heterocycles. The molecular weight excluding hydrogens is 276 g/mol. The molecule has 0 fully saturated rings. The summed E-state index contributed by atoms with van der Waals surface area (Å²) in [5.74, 6) is 0.989. The first kappa shape index (κ1) is 22.7. The molecule has 0 nitrogen and oxygen atoms in total. The van der Waals surface area contributed by atoms with Crippen molar-refractivity contribution in [2.75, 3.05) is 0 Å². The number of unbranched alkanes of at least 4 members (excludes halogenated alkanes) is 11. The molecule has 0 bridgehead atoms. The first-order valence-electron chi connectivity index (χ1n) is 11.0. The molecular formula is C23H46. The lowest BCUT2D eigenvalue weighted by atomic mass is 9.93. The minimum absolute atomic E-state index is 0.989. The monoisotopic (exact) mass is 322 g/mol. The van der Waals surface area contributed by atoms with Crippen molar-refractivity contribution >= 4 is 0 Å². The quantitative estimate of drug-likeness (QED) is 0.174. The lowest BCUT2D eigenvalue weighted by Gasteiger charge is -2.13. The Labute approximate surface area is 148 Å². The largest absolute Gasteiger partial charge is 0.0885 e. The van der Waals surface area contributed by atoms with E-state index in [0.717, 1.165) is 5.92 Å². The summed E-state index contributed by atoms with van der Waals surface area (Å²) < 4.78 is 0. The van der Waals surface area contributed by atoms with Crippen LogP contribution in [0.25, 0.3) is 0 Å². The molecule has 0 rings (SSSR count). The standard InChI is InChI=1S/C23H46/c1-4-7-9-11-12-13-14-15-16-18-20-22-23(6-3)21-19-17-10-8-5-2/h15-16,23H,4-14,17-22H2,1-3H3/b16-15+. The molecule has 0 spiro atoms. The first-order valence-corrected chi connectivity index (χ1v) is 11.0. The fourth-order valence-electron chi connectivity index (χ4n) is 3.39. The zero-order valence-corrected chi connectivity index (χ0v) is 16.8. The highest BCUT2D eigenvalue weighted by Gasteiger charge is 2.05. The van der Waals surface area contributed by atoms with E-state index in [1.807, 2.05) is 0 Å². The van der Waals surface area contributed by atoms with Crippen LogP contribution in [-0.2, 0) is 0 Å². The highest BCUT2D eigenvalue weighted by Crippen LogP contribution is 2.20. The van der Waals surface area contributed by atoms with Gasteiger partial charge in [-0.2, -0.15) is 0 Å². The van der Waals surface area contributed by atoms with E-state index in [2.05, 4.69) is 32.9 Å². The summed E-state index contributed by atoms with van der Waals surface area (Å²) in [7, 11) is 0. The van der Waals surface area contributed by atoms with E-state index in [4.69, 9.17) is 0 Å². The van der Waals surface area contributed by atoms with E-state index in [1.54, 1.807) is 0 Å². The Balaban J connectivity index is 3.36. The molecule has 0 amide bonds. The third kappa shape index (κ3) is 17.9. The average Bonchev–Trinajstić information content (AvgIpc) is 2.57. The van der Waals surface area contributed by atoms with Crippen LogP contribution in [0.4, 0.5) is 0 Å². The molecule has 0 heteroatoms. The third-order valence-corrected chi connectivity index (χ3v) is 5.17. The van der Waals surface area contributed by atoms with Crippen LogP contribution < -0.4 is 0 Å². The van der Waals surface area contributed by atoms with Crippen molar-refractivity contribution in [3.63, 3.8) is 0 Å². The molecule has 0 radical (unpaired) electrons. The number of rotatable bonds is 18. The van der Waals surface area contributed by atoms with Crippen molar-refractivity contribution in [2.45, 2.75) is 130 Å². The Kier molecular flexibility index (Phi) is 19.6. The van der Waals surface area contributed by atoms with Gasteiger partial charge in [0, 0.05) is 0 Å². The summed E-state index contributed by atoms with van der Waals surface area (Å²) in [6, 6.07) is 0. The highest BCUT2D eigenvalue weighted by molar-refractivity contribution is 4.81. The summed E-state index contributed by atoms with van der Waals surface area (Å²) in [6.45, 7) is 6.97. The second kappa shape index (κ2) is 19.8. The van der Waals surface area contributed by atoms with Crippen molar-refractivity contribution in [3.8, 4) is 0 Å². The molecule has 0 aromatic carbocycles. The smallest absolute Gasteiger partial charge is 0.0351 e. The molecule has 1 unspecified atom stereocenters. The molecule has 23 heavy (non-hydrogen) atoms. The molecule has 138 valence electrons. The molecule has 0 saturated carbocycles. The van der Waals surface area contributed by atoms with Crippen molar-refractivity contribution in [3.05, 3.63) is 12.2 Å². The normalized spacial score (nSPS) is 13.0. The summed E-state index contributed by atoms with van der Waals surface area (Å²) in [5.41, 5.74) is 0. The average molecular weight is 323 g/mol. The van der Waals surface area contributed by atoms with Gasteiger partial charge >= 0.3 is 0 Å². The Morgan fingerprint density at radius 1 is 0.522 bits per heavy atom. The van der Waals surface area contributed by atoms with Crippen LogP contribution in [0.5, 0.6) is 0 Å². The minimum Gasteiger partial charge on any atom is -0.0885 e. The molecule has 0 aliphatic heterocycles. The summed E-state index contributed by atoms with van der Waals surface area (Å²) in [5, 5.41) is 0. The van der Waals surface area contributed by atoms with Crippen LogP contribution in [0.15, 0.2) is 12.2 Å². The Morgan fingerprint density at radius 2 is 1.00 bits per heavy atom. The van der Waals surface area contributed by atoms with Gasteiger partial charge in [-0.1, -0.05) is 116 Å². The van der Waals surface area contributed by atoms with Gasteiger partial charge in [0.05, 0.1) is 0 Å². The topological polar surface area (TPSA) is 0 Å². The summed E-state index contributed by atoms with van der Waals surface area (Å²) in [6.07, 6.45) is 28.9. The highest BCUT2D eigenvalue weighted by atomic mass is 14.1. The van der Waals surface area contributed by atoms with Crippen molar-refractivity contribution in [1.82, 2.24) is 0 Å². The van der Waals surface area contributed by atoms with Crippen LogP contribution in [0, 0.1) is 5.92 Å². The van der Waals surface area contributed by atoms with Crippen LogP contribution in [0.1, 0.15) is 130 Å². The zero-order valence-electron chi connectivity index (χ0n) is 16.8. The third-order valence-electron chi connectivity index (χ3n) is 5.17. The van der Waals surface area contributed by atoms with E-state index in [1.165, 1.54) is 109 Å². The number of hydrogen-bond donors (Lipinski definition) is 0. The van der Waals surface area contributed by atoms with Gasteiger partial charge in [-0.15, -0.1) is 0 Å². The minimum atomic E-state index is 0.989. The lowest BCUT2D eigenvalue weighted by molar-refractivity contribution is 0.403. The Hall–Kier alpha value is -0.260. The molecule has 1 atom stereocenters. The van der Waals surface area contributed by atoms with E-state index < -0.39 is 0 Å². The SMILES string of the molecule is CCCCCCCC/C=C/CCCC(CC)CCCCCCC. The van der Waals surface area contributed by atoms with Gasteiger partial charge in [-0.05, 0) is 31.6 Å². The second-order valence-corrected chi connectivity index (χ2v) is 7.44. The maximum Gasteiger partial charge on any atom is -0.0351 e. The summed E-state index contributed by atoms with van der Waals surface area (Å²) >= 11 is 0. The van der Waals surface area contributed by atoms with Crippen LogP contribution in [0.2, 0.25) is 0 Å². The fourth-order valence-corrected chi connectivity index (χ4v) is 3.39. The lowest BCUT2D eigenvalue weighted by Crippen LogP contribution is -1.98.